The summed E-state index contributed by atoms with van der Waals surface area (Å²) in [7, 11) is 0. The van der Waals surface area contributed by atoms with Gasteiger partial charge in [0, 0.05) is 24.9 Å². The van der Waals surface area contributed by atoms with Gasteiger partial charge in [-0.25, -0.2) is 0 Å². The molecule has 3 radical (unpaired) electrons. The van der Waals surface area contributed by atoms with Crippen LogP contribution in [0.4, 0.5) is 0 Å². The molecule has 0 unspecified atom stereocenters. The highest BCUT2D eigenvalue weighted by Gasteiger charge is 2.10. The molecule has 0 aliphatic rings. The van der Waals surface area contributed by atoms with Gasteiger partial charge >= 0.3 is 0 Å². The van der Waals surface area contributed by atoms with Gasteiger partial charge in [-0.1, -0.05) is 54.6 Å². The first kappa shape index (κ1) is 12.6. The van der Waals surface area contributed by atoms with Crippen molar-refractivity contribution >= 4 is 30.2 Å². The largest absolute Gasteiger partial charge is 0.309 e. The number of benzene rings is 3. The molecule has 1 aromatic heterocycles. The zero-order chi connectivity index (χ0) is 12.7. The zero-order valence-corrected chi connectivity index (χ0v) is 11.0. The van der Waals surface area contributed by atoms with Gasteiger partial charge < -0.3 is 4.57 Å². The highest BCUT2D eigenvalue weighted by atomic mass is 15.0. The van der Waals surface area contributed by atoms with Gasteiger partial charge in [-0.05, 0) is 24.3 Å². The Balaban J connectivity index is 0.00000121. The number of hydrogen-bond acceptors (Lipinski definition) is 0. The van der Waals surface area contributed by atoms with Crippen molar-refractivity contribution < 1.29 is 0 Å². The molecular weight excluding hydrogens is 241 g/mol. The Bertz CT molecular complexity index is 809. The van der Waals surface area contributed by atoms with E-state index in [9.17, 15) is 0 Å². The molecule has 1 nitrogen and oxygen atoms in total. The van der Waals surface area contributed by atoms with Crippen LogP contribution in [-0.2, 0) is 0 Å². The van der Waals surface area contributed by atoms with Gasteiger partial charge in [0.1, 0.15) is 0 Å². The molecule has 0 aliphatic heterocycles. The summed E-state index contributed by atoms with van der Waals surface area (Å²) in [6.45, 7) is 0. The highest BCUT2D eigenvalue weighted by Crippen LogP contribution is 2.31. The molecule has 93 valence electrons. The molecule has 0 amide bonds. The Kier molecular flexibility index (Phi) is 3.07. The predicted octanol–water partition coefficient (Wildman–Crippen LogP) is 4.40. The molecule has 0 N–H and O–H groups in total. The average Bonchev–Trinajstić information content (AvgIpc) is 2.83. The maximum absolute atomic E-state index is 2.32. The van der Waals surface area contributed by atoms with Crippen molar-refractivity contribution in [2.75, 3.05) is 0 Å². The molecule has 0 atom stereocenters. The smallest absolute Gasteiger partial charge is 0.0541 e. The second kappa shape index (κ2) is 4.89. The number of aromatic nitrogens is 1. The second-order valence-corrected chi connectivity index (χ2v) is 4.71. The lowest BCUT2D eigenvalue weighted by Gasteiger charge is -2.06. The van der Waals surface area contributed by atoms with E-state index in [2.05, 4.69) is 83.4 Å². The lowest BCUT2D eigenvalue weighted by molar-refractivity contribution is 1.18. The summed E-state index contributed by atoms with van der Waals surface area (Å²) in [6, 6.07) is 27.7. The predicted molar refractivity (Wildman–Crippen MR) is 86.5 cm³/mol. The van der Waals surface area contributed by atoms with Gasteiger partial charge in [0.25, 0.3) is 0 Å². The summed E-state index contributed by atoms with van der Waals surface area (Å²) < 4.78 is 2.32. The number of rotatable bonds is 1. The number of fused-ring (bicyclic) bond motifs is 3. The first-order valence-electron chi connectivity index (χ1n) is 6.49. The molecule has 4 rings (SSSR count). The molecule has 0 saturated carbocycles. The van der Waals surface area contributed by atoms with Gasteiger partial charge in [0.2, 0.25) is 0 Å². The van der Waals surface area contributed by atoms with Crippen molar-refractivity contribution in [1.29, 1.82) is 0 Å². The highest BCUT2D eigenvalue weighted by molar-refractivity contribution is 6.09. The van der Waals surface area contributed by atoms with Crippen LogP contribution >= 0.6 is 0 Å². The van der Waals surface area contributed by atoms with Crippen LogP contribution in [0.1, 0.15) is 0 Å². The zero-order valence-electron chi connectivity index (χ0n) is 11.0. The van der Waals surface area contributed by atoms with Crippen LogP contribution in [0, 0.1) is 0 Å². The molecular formula is C18H13BN. The van der Waals surface area contributed by atoms with E-state index in [0.29, 0.717) is 0 Å². The summed E-state index contributed by atoms with van der Waals surface area (Å²) in [5.41, 5.74) is 3.73. The van der Waals surface area contributed by atoms with Crippen LogP contribution in [0.2, 0.25) is 0 Å². The van der Waals surface area contributed by atoms with Crippen molar-refractivity contribution in [3.05, 3.63) is 78.9 Å². The first-order valence-corrected chi connectivity index (χ1v) is 6.49. The summed E-state index contributed by atoms with van der Waals surface area (Å²) in [5, 5.41) is 2.61. The van der Waals surface area contributed by atoms with E-state index in [4.69, 9.17) is 0 Å². The summed E-state index contributed by atoms with van der Waals surface area (Å²) in [6.07, 6.45) is 0. The number of nitrogens with zero attached hydrogens (tertiary/aromatic N) is 1. The molecule has 0 saturated heterocycles. The Labute approximate surface area is 120 Å². The summed E-state index contributed by atoms with van der Waals surface area (Å²) in [5.74, 6) is 0. The van der Waals surface area contributed by atoms with Crippen LogP contribution in [-0.4, -0.2) is 13.0 Å². The van der Waals surface area contributed by atoms with Crippen molar-refractivity contribution in [2.45, 2.75) is 0 Å². The molecule has 0 bridgehead atoms. The Morgan fingerprint density at radius 2 is 0.950 bits per heavy atom. The molecule has 0 aliphatic carbocycles. The van der Waals surface area contributed by atoms with E-state index >= 15 is 0 Å². The standard InChI is InChI=1S/C18H13N.B/c1-2-8-14(9-3-1)19-17-12-6-4-10-15(17)16-11-5-7-13-18(16)19;/h1-13H;. The lowest BCUT2D eigenvalue weighted by atomic mass is 10.2. The minimum atomic E-state index is 0. The Hall–Kier alpha value is -2.48. The van der Waals surface area contributed by atoms with Crippen molar-refractivity contribution in [1.82, 2.24) is 4.57 Å². The molecule has 0 fully saturated rings. The average molecular weight is 254 g/mol. The molecule has 3 aromatic carbocycles. The van der Waals surface area contributed by atoms with Crippen molar-refractivity contribution in [3.8, 4) is 5.69 Å². The third kappa shape index (κ3) is 1.73. The van der Waals surface area contributed by atoms with Crippen molar-refractivity contribution in [3.63, 3.8) is 0 Å². The number of para-hydroxylation sites is 3. The maximum Gasteiger partial charge on any atom is 0.0541 e. The van der Waals surface area contributed by atoms with Crippen molar-refractivity contribution in [2.24, 2.45) is 0 Å². The fourth-order valence-corrected chi connectivity index (χ4v) is 2.78. The topological polar surface area (TPSA) is 4.93 Å². The monoisotopic (exact) mass is 254 g/mol. The molecule has 0 spiro atoms. The fourth-order valence-electron chi connectivity index (χ4n) is 2.78. The van der Waals surface area contributed by atoms with Gasteiger partial charge in [0.05, 0.1) is 11.0 Å². The number of hydrogen-bond donors (Lipinski definition) is 0. The van der Waals surface area contributed by atoms with Crippen LogP contribution < -0.4 is 0 Å². The summed E-state index contributed by atoms with van der Waals surface area (Å²) >= 11 is 0. The molecule has 2 heteroatoms. The molecule has 20 heavy (non-hydrogen) atoms. The molecule has 1 heterocycles. The van der Waals surface area contributed by atoms with E-state index in [1.165, 1.54) is 27.5 Å². The van der Waals surface area contributed by atoms with Crippen LogP contribution in [0.25, 0.3) is 27.5 Å². The third-order valence-corrected chi connectivity index (χ3v) is 3.59. The minimum absolute atomic E-state index is 0. The Morgan fingerprint density at radius 3 is 1.50 bits per heavy atom. The van der Waals surface area contributed by atoms with Crippen LogP contribution in [0.15, 0.2) is 78.9 Å². The van der Waals surface area contributed by atoms with E-state index in [-0.39, 0.29) is 8.41 Å². The molecule has 4 aromatic rings. The van der Waals surface area contributed by atoms with E-state index in [0.717, 1.165) is 0 Å². The van der Waals surface area contributed by atoms with Crippen LogP contribution in [0.5, 0.6) is 0 Å². The summed E-state index contributed by atoms with van der Waals surface area (Å²) in [4.78, 5) is 0. The minimum Gasteiger partial charge on any atom is -0.309 e. The second-order valence-electron chi connectivity index (χ2n) is 4.71. The van der Waals surface area contributed by atoms with E-state index < -0.39 is 0 Å². The SMILES string of the molecule is [B].c1ccc(-n2c3ccccc3c3ccccc32)cc1. The van der Waals surface area contributed by atoms with E-state index in [1.807, 2.05) is 0 Å². The van der Waals surface area contributed by atoms with Gasteiger partial charge in [-0.3, -0.25) is 0 Å². The van der Waals surface area contributed by atoms with Crippen LogP contribution in [0.3, 0.4) is 0 Å². The fraction of sp³-hybridized carbons (Fsp3) is 0. The maximum atomic E-state index is 2.32. The van der Waals surface area contributed by atoms with Gasteiger partial charge in [-0.2, -0.15) is 0 Å². The third-order valence-electron chi connectivity index (χ3n) is 3.59. The van der Waals surface area contributed by atoms with Gasteiger partial charge in [0.15, 0.2) is 0 Å². The van der Waals surface area contributed by atoms with E-state index in [1.54, 1.807) is 0 Å². The normalized spacial score (nSPS) is 10.6. The lowest BCUT2D eigenvalue weighted by Crippen LogP contribution is -1.92. The van der Waals surface area contributed by atoms with Gasteiger partial charge in [-0.15, -0.1) is 0 Å². The first-order chi connectivity index (χ1) is 9.45. The quantitative estimate of drug-likeness (QED) is 0.443. The Morgan fingerprint density at radius 1 is 0.500 bits per heavy atom.